The highest BCUT2D eigenvalue weighted by Gasteiger charge is 2.39. The summed E-state index contributed by atoms with van der Waals surface area (Å²) in [4.78, 5) is 23.9. The number of rotatable bonds is 10. The van der Waals surface area contributed by atoms with Crippen LogP contribution in [-0.4, -0.2) is 54.5 Å². The first-order valence-corrected chi connectivity index (χ1v) is 11.0. The van der Waals surface area contributed by atoms with Gasteiger partial charge in [0.1, 0.15) is 5.75 Å². The van der Waals surface area contributed by atoms with Crippen LogP contribution in [-0.2, 0) is 32.3 Å². The Morgan fingerprint density at radius 2 is 1.69 bits per heavy atom. The zero-order valence-corrected chi connectivity index (χ0v) is 18.3. The molecule has 9 nitrogen and oxygen atoms in total. The van der Waals surface area contributed by atoms with Gasteiger partial charge in [-0.3, -0.25) is 0 Å². The lowest BCUT2D eigenvalue weighted by molar-refractivity contribution is -0.222. The highest BCUT2D eigenvalue weighted by Crippen LogP contribution is 2.24. The van der Waals surface area contributed by atoms with E-state index in [-0.39, 0.29) is 5.57 Å². The molecule has 0 amide bonds. The van der Waals surface area contributed by atoms with Crippen LogP contribution in [0.3, 0.4) is 0 Å². The van der Waals surface area contributed by atoms with Gasteiger partial charge >= 0.3 is 20.7 Å². The summed E-state index contributed by atoms with van der Waals surface area (Å²) in [7, 11) is 2.11. The molecule has 1 fully saturated rings. The van der Waals surface area contributed by atoms with Gasteiger partial charge in [0.25, 0.3) is 5.79 Å². The number of hydrogen-bond donors (Lipinski definition) is 1. The van der Waals surface area contributed by atoms with Gasteiger partial charge in [0.15, 0.2) is 5.57 Å². The van der Waals surface area contributed by atoms with Crippen molar-refractivity contribution in [1.82, 2.24) is 0 Å². The van der Waals surface area contributed by atoms with Crippen LogP contribution >= 0.6 is 0 Å². The molecule has 0 atom stereocenters. The quantitative estimate of drug-likeness (QED) is 0.199. The molecular weight excluding hydrogens is 398 g/mol. The van der Waals surface area contributed by atoms with E-state index in [2.05, 4.69) is 5.32 Å². The molecule has 1 aliphatic rings. The second-order valence-electron chi connectivity index (χ2n) is 6.66. The second-order valence-corrected chi connectivity index (χ2v) is 9.75. The molecule has 160 valence electrons. The Balaban J connectivity index is 1.91. The minimum Gasteiger partial charge on any atom is -0.494 e. The van der Waals surface area contributed by atoms with Crippen molar-refractivity contribution in [2.45, 2.75) is 32.1 Å². The average molecular weight is 426 g/mol. The lowest BCUT2D eigenvalue weighted by Crippen LogP contribution is -2.42. The fraction of sp³-hybridized carbons (Fsp3) is 0.474. The Morgan fingerprint density at radius 3 is 2.28 bits per heavy atom. The van der Waals surface area contributed by atoms with Gasteiger partial charge < -0.3 is 32.8 Å². The number of nitrogens with one attached hydrogen (secondary N) is 1. The van der Waals surface area contributed by atoms with Gasteiger partial charge in [0.2, 0.25) is 0 Å². The van der Waals surface area contributed by atoms with Gasteiger partial charge in [0.05, 0.1) is 6.61 Å². The van der Waals surface area contributed by atoms with E-state index in [0.717, 1.165) is 0 Å². The zero-order valence-electron chi connectivity index (χ0n) is 17.3. The molecule has 2 rings (SSSR count). The van der Waals surface area contributed by atoms with E-state index in [4.69, 9.17) is 27.5 Å². The van der Waals surface area contributed by atoms with Crippen molar-refractivity contribution in [3.63, 3.8) is 0 Å². The Bertz CT molecular complexity index is 730. The topological polar surface area (TPSA) is 102 Å². The molecule has 1 aromatic rings. The van der Waals surface area contributed by atoms with E-state index in [9.17, 15) is 9.59 Å². The van der Waals surface area contributed by atoms with Crippen LogP contribution in [0.1, 0.15) is 20.3 Å². The summed E-state index contributed by atoms with van der Waals surface area (Å²) in [5, 5.41) is 2.89. The predicted molar refractivity (Wildman–Crippen MR) is 106 cm³/mol. The maximum Gasteiger partial charge on any atom is 0.500 e. The predicted octanol–water partition coefficient (Wildman–Crippen LogP) is 2.47. The first kappa shape index (κ1) is 22.9. The lowest BCUT2D eigenvalue weighted by atomic mass is 10.2. The van der Waals surface area contributed by atoms with Gasteiger partial charge in [-0.05, 0) is 18.6 Å². The van der Waals surface area contributed by atoms with Gasteiger partial charge in [-0.1, -0.05) is 6.07 Å². The molecule has 1 aliphatic heterocycles. The molecule has 1 saturated heterocycles. The monoisotopic (exact) mass is 425 g/mol. The molecule has 0 aromatic heterocycles. The SMILES string of the molecule is CO[Si](CCCOc1cccc(NC=C2C(=O)OC(C)(C)OC2=O)c1)(OC)OC. The fourth-order valence-corrected chi connectivity index (χ4v) is 4.33. The summed E-state index contributed by atoms with van der Waals surface area (Å²) in [6.45, 7) is 3.43. The van der Waals surface area contributed by atoms with E-state index in [1.165, 1.54) is 20.0 Å². The third-order valence-electron chi connectivity index (χ3n) is 4.16. The summed E-state index contributed by atoms with van der Waals surface area (Å²) >= 11 is 0. The number of cyclic esters (lactones) is 2. The van der Waals surface area contributed by atoms with Crippen molar-refractivity contribution < 1.29 is 37.1 Å². The van der Waals surface area contributed by atoms with Crippen LogP contribution in [0.4, 0.5) is 5.69 Å². The van der Waals surface area contributed by atoms with Crippen LogP contribution in [0.15, 0.2) is 36.0 Å². The number of carbonyl (C=O) groups is 2. The second kappa shape index (κ2) is 9.88. The number of esters is 2. The number of hydrogen-bond acceptors (Lipinski definition) is 9. The minimum atomic E-state index is -2.61. The van der Waals surface area contributed by atoms with Crippen molar-refractivity contribution >= 4 is 26.4 Å². The lowest BCUT2D eigenvalue weighted by Gasteiger charge is -2.29. The smallest absolute Gasteiger partial charge is 0.494 e. The van der Waals surface area contributed by atoms with E-state index in [1.807, 2.05) is 0 Å². The number of anilines is 1. The van der Waals surface area contributed by atoms with Crippen molar-refractivity contribution in [2.24, 2.45) is 0 Å². The van der Waals surface area contributed by atoms with Gasteiger partial charge in [-0.25, -0.2) is 9.59 Å². The number of ether oxygens (including phenoxy) is 3. The molecule has 0 unspecified atom stereocenters. The van der Waals surface area contributed by atoms with E-state index in [1.54, 1.807) is 45.6 Å². The summed E-state index contributed by atoms with van der Waals surface area (Å²) in [6, 6.07) is 7.73. The third-order valence-corrected chi connectivity index (χ3v) is 7.00. The number of benzene rings is 1. The summed E-state index contributed by atoms with van der Waals surface area (Å²) in [5.41, 5.74) is 0.422. The molecule has 29 heavy (non-hydrogen) atoms. The summed E-state index contributed by atoms with van der Waals surface area (Å²) in [6.07, 6.45) is 1.95. The molecule has 0 saturated carbocycles. The van der Waals surface area contributed by atoms with Crippen molar-refractivity contribution in [1.29, 1.82) is 0 Å². The minimum absolute atomic E-state index is 0.212. The summed E-state index contributed by atoms with van der Waals surface area (Å²) in [5.74, 6) is -2.13. The molecule has 0 bridgehead atoms. The van der Waals surface area contributed by atoms with E-state index >= 15 is 0 Å². The molecule has 0 spiro atoms. The highest BCUT2D eigenvalue weighted by molar-refractivity contribution is 6.60. The molecule has 0 aliphatic carbocycles. The molecule has 10 heteroatoms. The molecule has 1 heterocycles. The standard InChI is InChI=1S/C19H27NO8Si/c1-19(2)27-17(21)16(18(22)28-19)13-20-14-8-6-9-15(12-14)26-10-7-11-29(23-3,24-4)25-5/h6,8-9,12-13,20H,7,10-11H2,1-5H3. The van der Waals surface area contributed by atoms with E-state index in [0.29, 0.717) is 30.5 Å². The van der Waals surface area contributed by atoms with Gasteiger partial charge in [0, 0.05) is 59.2 Å². The largest absolute Gasteiger partial charge is 0.500 e. The van der Waals surface area contributed by atoms with Gasteiger partial charge in [-0.15, -0.1) is 0 Å². The molecular formula is C19H27NO8Si. The molecule has 1 N–H and O–H groups in total. The van der Waals surface area contributed by atoms with Crippen LogP contribution in [0.2, 0.25) is 6.04 Å². The van der Waals surface area contributed by atoms with E-state index < -0.39 is 26.5 Å². The zero-order chi connectivity index (χ0) is 21.5. The van der Waals surface area contributed by atoms with Crippen molar-refractivity contribution in [3.8, 4) is 5.75 Å². The van der Waals surface area contributed by atoms with Crippen molar-refractivity contribution in [2.75, 3.05) is 33.3 Å². The fourth-order valence-electron chi connectivity index (χ4n) is 2.64. The third kappa shape index (κ3) is 6.29. The Labute approximate surface area is 171 Å². The van der Waals surface area contributed by atoms with Crippen molar-refractivity contribution in [3.05, 3.63) is 36.0 Å². The van der Waals surface area contributed by atoms with Crippen LogP contribution in [0.5, 0.6) is 5.75 Å². The summed E-state index contributed by atoms with van der Waals surface area (Å²) < 4.78 is 32.0. The molecule has 0 radical (unpaired) electrons. The average Bonchev–Trinajstić information content (AvgIpc) is 2.67. The van der Waals surface area contributed by atoms with Crippen LogP contribution in [0, 0.1) is 0 Å². The highest BCUT2D eigenvalue weighted by atomic mass is 28.4. The Hall–Kier alpha value is -2.40. The first-order chi connectivity index (χ1) is 13.7. The maximum atomic E-state index is 12.0. The Kier molecular flexibility index (Phi) is 7.79. The van der Waals surface area contributed by atoms with Gasteiger partial charge in [-0.2, -0.15) is 0 Å². The normalized spacial score (nSPS) is 16.1. The Morgan fingerprint density at radius 1 is 1.07 bits per heavy atom. The van der Waals surface area contributed by atoms with Crippen LogP contribution in [0.25, 0.3) is 0 Å². The van der Waals surface area contributed by atoms with Crippen LogP contribution < -0.4 is 10.1 Å². The maximum absolute atomic E-state index is 12.0. The molecule has 1 aromatic carbocycles. The first-order valence-electron chi connectivity index (χ1n) is 9.06. The number of carbonyl (C=O) groups excluding carboxylic acids is 2.